The van der Waals surface area contributed by atoms with Crippen molar-refractivity contribution < 1.29 is 0 Å². The Bertz CT molecular complexity index is 438. The van der Waals surface area contributed by atoms with Crippen LogP contribution in [0.5, 0.6) is 0 Å². The summed E-state index contributed by atoms with van der Waals surface area (Å²) in [6.07, 6.45) is 4.57. The second-order valence-electron chi connectivity index (χ2n) is 3.69. The molecule has 1 aromatic heterocycles. The van der Waals surface area contributed by atoms with Crippen molar-refractivity contribution in [3.63, 3.8) is 0 Å². The van der Waals surface area contributed by atoms with Gasteiger partial charge in [0.2, 0.25) is 0 Å². The molecule has 13 heavy (non-hydrogen) atoms. The van der Waals surface area contributed by atoms with Crippen molar-refractivity contribution in [3.8, 4) is 0 Å². The molecule has 0 unspecified atom stereocenters. The molecule has 0 spiro atoms. The summed E-state index contributed by atoms with van der Waals surface area (Å²) in [5.41, 5.74) is 1.30. The van der Waals surface area contributed by atoms with Gasteiger partial charge in [-0.1, -0.05) is 24.3 Å². The normalized spacial score (nSPS) is 16.3. The zero-order chi connectivity index (χ0) is 8.67. The van der Waals surface area contributed by atoms with Crippen LogP contribution in [0.3, 0.4) is 0 Å². The van der Waals surface area contributed by atoms with E-state index in [-0.39, 0.29) is 0 Å². The fourth-order valence-electron chi connectivity index (χ4n) is 1.83. The smallest absolute Gasteiger partial charge is 0.0512 e. The molecule has 0 atom stereocenters. The number of hydrogen-bond acceptors (Lipinski definition) is 1. The van der Waals surface area contributed by atoms with E-state index in [2.05, 4.69) is 35.3 Å². The molecule has 1 aromatic carbocycles. The Labute approximate surface area is 77.4 Å². The molecule has 0 aliphatic heterocycles. The summed E-state index contributed by atoms with van der Waals surface area (Å²) in [6.45, 7) is 0. The van der Waals surface area contributed by atoms with Gasteiger partial charge in [0.05, 0.1) is 5.69 Å². The van der Waals surface area contributed by atoms with Crippen molar-refractivity contribution in [2.45, 2.75) is 18.8 Å². The second kappa shape index (κ2) is 2.56. The minimum atomic E-state index is 0.742. The first-order valence-corrected chi connectivity index (χ1v) is 4.79. The predicted octanol–water partition coefficient (Wildman–Crippen LogP) is 3.11. The van der Waals surface area contributed by atoms with Gasteiger partial charge in [-0.3, -0.25) is 4.98 Å². The van der Waals surface area contributed by atoms with Crippen LogP contribution in [0.1, 0.15) is 24.5 Å². The molecule has 1 saturated carbocycles. The Morgan fingerprint density at radius 3 is 2.77 bits per heavy atom. The van der Waals surface area contributed by atoms with Gasteiger partial charge in [-0.2, -0.15) is 0 Å². The first-order valence-electron chi connectivity index (χ1n) is 4.79. The summed E-state index contributed by atoms with van der Waals surface area (Å²) in [7, 11) is 0. The molecular weight excluding hydrogens is 158 g/mol. The summed E-state index contributed by atoms with van der Waals surface area (Å²) >= 11 is 0. The van der Waals surface area contributed by atoms with Gasteiger partial charge in [0.25, 0.3) is 0 Å². The van der Waals surface area contributed by atoms with Crippen LogP contribution in [0.4, 0.5) is 0 Å². The Hall–Kier alpha value is -1.37. The van der Waals surface area contributed by atoms with Crippen LogP contribution in [0.25, 0.3) is 10.8 Å². The predicted molar refractivity (Wildman–Crippen MR) is 53.7 cm³/mol. The van der Waals surface area contributed by atoms with Gasteiger partial charge >= 0.3 is 0 Å². The van der Waals surface area contributed by atoms with Crippen LogP contribution in [0.15, 0.2) is 36.5 Å². The van der Waals surface area contributed by atoms with Crippen LogP contribution >= 0.6 is 0 Å². The highest BCUT2D eigenvalue weighted by Gasteiger charge is 2.26. The molecule has 0 N–H and O–H groups in total. The maximum absolute atomic E-state index is 4.47. The Kier molecular flexibility index (Phi) is 1.39. The summed E-state index contributed by atoms with van der Waals surface area (Å²) in [5.74, 6) is 0.742. The summed E-state index contributed by atoms with van der Waals surface area (Å²) < 4.78 is 0. The third-order valence-electron chi connectivity index (χ3n) is 2.67. The van der Waals surface area contributed by atoms with Crippen molar-refractivity contribution in [1.82, 2.24) is 4.98 Å². The maximum atomic E-state index is 4.47. The molecule has 0 radical (unpaired) electrons. The molecule has 1 heteroatoms. The number of pyridine rings is 1. The average Bonchev–Trinajstić information content (AvgIpc) is 3.00. The van der Waals surface area contributed by atoms with Crippen LogP contribution in [-0.2, 0) is 0 Å². The fourth-order valence-corrected chi connectivity index (χ4v) is 1.83. The standard InChI is InChI=1S/C12H11N/c1-2-4-11-9(3-1)7-8-13-12(11)10-5-6-10/h1-4,7-8,10H,5-6H2. The molecule has 1 fully saturated rings. The summed E-state index contributed by atoms with van der Waals surface area (Å²) in [5, 5.41) is 2.66. The Morgan fingerprint density at radius 1 is 1.08 bits per heavy atom. The van der Waals surface area contributed by atoms with Crippen LogP contribution in [-0.4, -0.2) is 4.98 Å². The zero-order valence-corrected chi connectivity index (χ0v) is 7.40. The minimum Gasteiger partial charge on any atom is -0.260 e. The van der Waals surface area contributed by atoms with Crippen LogP contribution < -0.4 is 0 Å². The molecule has 1 aliphatic carbocycles. The lowest BCUT2D eigenvalue weighted by Gasteiger charge is -2.02. The van der Waals surface area contributed by atoms with Gasteiger partial charge < -0.3 is 0 Å². The highest BCUT2D eigenvalue weighted by atomic mass is 14.7. The highest BCUT2D eigenvalue weighted by molar-refractivity contribution is 5.84. The van der Waals surface area contributed by atoms with Crippen molar-refractivity contribution in [2.24, 2.45) is 0 Å². The number of rotatable bonds is 1. The maximum Gasteiger partial charge on any atom is 0.0512 e. The lowest BCUT2D eigenvalue weighted by molar-refractivity contribution is 1.05. The van der Waals surface area contributed by atoms with Gasteiger partial charge in [-0.25, -0.2) is 0 Å². The van der Waals surface area contributed by atoms with E-state index in [0.29, 0.717) is 0 Å². The third kappa shape index (κ3) is 1.12. The summed E-state index contributed by atoms with van der Waals surface area (Å²) in [4.78, 5) is 4.47. The van der Waals surface area contributed by atoms with E-state index in [1.54, 1.807) is 0 Å². The van der Waals surface area contributed by atoms with Crippen LogP contribution in [0, 0.1) is 0 Å². The van der Waals surface area contributed by atoms with E-state index in [4.69, 9.17) is 0 Å². The van der Waals surface area contributed by atoms with E-state index in [0.717, 1.165) is 5.92 Å². The first kappa shape index (κ1) is 7.07. The molecule has 2 aromatic rings. The van der Waals surface area contributed by atoms with Crippen LogP contribution in [0.2, 0.25) is 0 Å². The molecule has 0 amide bonds. The lowest BCUT2D eigenvalue weighted by atomic mass is 10.1. The van der Waals surface area contributed by atoms with Crippen molar-refractivity contribution in [3.05, 3.63) is 42.2 Å². The van der Waals surface area contributed by atoms with Crippen molar-refractivity contribution in [2.75, 3.05) is 0 Å². The quantitative estimate of drug-likeness (QED) is 0.639. The molecule has 3 rings (SSSR count). The lowest BCUT2D eigenvalue weighted by Crippen LogP contribution is -1.87. The fraction of sp³-hybridized carbons (Fsp3) is 0.250. The molecule has 64 valence electrons. The van der Waals surface area contributed by atoms with Gasteiger partial charge in [0, 0.05) is 17.5 Å². The van der Waals surface area contributed by atoms with Gasteiger partial charge in [0.15, 0.2) is 0 Å². The monoisotopic (exact) mass is 169 g/mol. The van der Waals surface area contributed by atoms with Gasteiger partial charge in [-0.05, 0) is 24.3 Å². The van der Waals surface area contributed by atoms with Gasteiger partial charge in [-0.15, -0.1) is 0 Å². The summed E-state index contributed by atoms with van der Waals surface area (Å²) in [6, 6.07) is 10.6. The molecule has 0 bridgehead atoms. The minimum absolute atomic E-state index is 0.742. The molecule has 0 saturated heterocycles. The van der Waals surface area contributed by atoms with E-state index in [1.807, 2.05) is 6.20 Å². The highest BCUT2D eigenvalue weighted by Crippen LogP contribution is 2.41. The van der Waals surface area contributed by atoms with E-state index < -0.39 is 0 Å². The number of hydrogen-bond donors (Lipinski definition) is 0. The number of benzene rings is 1. The van der Waals surface area contributed by atoms with E-state index in [9.17, 15) is 0 Å². The average molecular weight is 169 g/mol. The molecule has 1 heterocycles. The largest absolute Gasteiger partial charge is 0.260 e. The number of nitrogens with zero attached hydrogens (tertiary/aromatic N) is 1. The zero-order valence-electron chi connectivity index (χ0n) is 7.40. The Morgan fingerprint density at radius 2 is 1.92 bits per heavy atom. The second-order valence-corrected chi connectivity index (χ2v) is 3.69. The number of fused-ring (bicyclic) bond motifs is 1. The van der Waals surface area contributed by atoms with E-state index in [1.165, 1.54) is 29.3 Å². The Balaban J connectivity index is 2.32. The number of aromatic nitrogens is 1. The SMILES string of the molecule is c1ccc2c(C3CC3)nccc2c1. The van der Waals surface area contributed by atoms with Crippen molar-refractivity contribution in [1.29, 1.82) is 0 Å². The first-order chi connectivity index (χ1) is 6.45. The molecule has 1 aliphatic rings. The van der Waals surface area contributed by atoms with E-state index >= 15 is 0 Å². The topological polar surface area (TPSA) is 12.9 Å². The van der Waals surface area contributed by atoms with Crippen molar-refractivity contribution >= 4 is 10.8 Å². The molecule has 1 nitrogen and oxygen atoms in total. The van der Waals surface area contributed by atoms with Gasteiger partial charge in [0.1, 0.15) is 0 Å². The third-order valence-corrected chi connectivity index (χ3v) is 2.67. The molecular formula is C12H11N.